The van der Waals surface area contributed by atoms with Crippen LogP contribution in [0.5, 0.6) is 5.75 Å². The maximum atomic E-state index is 14.3. The Labute approximate surface area is 516 Å². The highest BCUT2D eigenvalue weighted by molar-refractivity contribution is 6.35. The summed E-state index contributed by atoms with van der Waals surface area (Å²) in [6.45, 7) is 12.4. The topological polar surface area (TPSA) is 261 Å². The average Bonchev–Trinajstić information content (AvgIpc) is 1.60. The number of hydrogen-bond donors (Lipinski definition) is 4. The Morgan fingerprint density at radius 1 is 0.874 bits per heavy atom. The van der Waals surface area contributed by atoms with Gasteiger partial charge in [0.1, 0.15) is 34.6 Å². The van der Waals surface area contributed by atoms with Crippen molar-refractivity contribution in [1.82, 2.24) is 35.9 Å². The molecule has 1 aromatic heterocycles. The van der Waals surface area contributed by atoms with E-state index in [9.17, 15) is 28.8 Å². The highest BCUT2D eigenvalue weighted by Crippen LogP contribution is 2.49. The third-order valence-electron chi connectivity index (χ3n) is 15.7. The van der Waals surface area contributed by atoms with Crippen molar-refractivity contribution in [1.29, 1.82) is 0 Å². The monoisotopic (exact) mass is 1240 g/mol. The van der Waals surface area contributed by atoms with E-state index in [-0.39, 0.29) is 80.3 Å². The van der Waals surface area contributed by atoms with Gasteiger partial charge in [-0.3, -0.25) is 24.6 Å². The lowest BCUT2D eigenvalue weighted by Gasteiger charge is -2.33. The molecule has 3 aliphatic rings. The quantitative estimate of drug-likeness (QED) is 0.0274. The van der Waals surface area contributed by atoms with E-state index in [2.05, 4.69) is 38.1 Å². The van der Waals surface area contributed by atoms with E-state index in [1.807, 2.05) is 81.5 Å². The third-order valence-corrected chi connectivity index (χ3v) is 16.0. The summed E-state index contributed by atoms with van der Waals surface area (Å²) in [7, 11) is 8.43. The molecule has 4 N–H and O–H groups in total. The number of halogens is 1. The fraction of sp³-hybridized carbons (Fsp3) is 0.613. The van der Waals surface area contributed by atoms with E-state index in [1.165, 1.54) is 24.0 Å². The number of allylic oxidation sites excluding steroid dienone is 3. The van der Waals surface area contributed by atoms with Crippen LogP contribution in [0.2, 0.25) is 5.02 Å². The number of ether oxygens (including phenoxy) is 10. The van der Waals surface area contributed by atoms with Crippen LogP contribution in [-0.4, -0.2) is 214 Å². The summed E-state index contributed by atoms with van der Waals surface area (Å²) in [5, 5.41) is 11.7. The van der Waals surface area contributed by atoms with Crippen molar-refractivity contribution in [3.05, 3.63) is 82.5 Å². The number of carbonyl (C=O) groups excluding carboxylic acids is 6. The average molecular weight is 1240 g/mol. The normalized spacial score (nSPS) is 21.9. The number of likely N-dealkylation sites (N-methyl/N-ethyl adjacent to an activating group) is 1. The summed E-state index contributed by atoms with van der Waals surface area (Å²) in [6.07, 6.45) is 4.88. The van der Waals surface area contributed by atoms with E-state index in [1.54, 1.807) is 20.9 Å². The molecule has 6 rings (SSSR count). The molecule has 4 heterocycles. The number of carbonyl (C=O) groups is 6. The van der Waals surface area contributed by atoms with Crippen molar-refractivity contribution < 1.29 is 76.1 Å². The summed E-state index contributed by atoms with van der Waals surface area (Å²) in [6, 6.07) is 12.6. The molecule has 3 aliphatic heterocycles. The first-order valence-corrected chi connectivity index (χ1v) is 30.2. The molecule has 3 aromatic rings. The molecule has 1 unspecified atom stereocenters. The maximum absolute atomic E-state index is 14.3. The Kier molecular flexibility index (Phi) is 28.7. The SMILES string of the molecule is CNN(C)Cc1cc2ccccc2n1CCC(=O)NCC(=O)NCCOCCOCCOCCOCCOCCOCCC(=O)N(C)[C@@H](C)C(=O)O[C@H]1CC(=O)N(C)c2cc(cc(OC)c2Cl)C/C(C)=C/C=C/C[C@H]2C[C@H](OC(=O)N2)[C@@H](C)C2O[C@]21C. The molecule has 0 saturated carbocycles. The van der Waals surface area contributed by atoms with Gasteiger partial charge in [0.15, 0.2) is 0 Å². The Bertz CT molecular complexity index is 2800. The first kappa shape index (κ1) is 69.9. The minimum atomic E-state index is -1.14. The van der Waals surface area contributed by atoms with Gasteiger partial charge in [0, 0.05) is 70.2 Å². The van der Waals surface area contributed by atoms with E-state index >= 15 is 0 Å². The van der Waals surface area contributed by atoms with E-state index in [0.29, 0.717) is 110 Å². The second kappa shape index (κ2) is 35.7. The summed E-state index contributed by atoms with van der Waals surface area (Å²) in [5.41, 5.74) is 6.42. The van der Waals surface area contributed by atoms with E-state index < -0.39 is 47.9 Å². The number of rotatable bonds is 33. The zero-order valence-electron chi connectivity index (χ0n) is 52.0. The van der Waals surface area contributed by atoms with E-state index in [0.717, 1.165) is 27.7 Å². The largest absolute Gasteiger partial charge is 0.495 e. The number of aryl methyl sites for hydroxylation is 1. The van der Waals surface area contributed by atoms with Gasteiger partial charge in [-0.2, -0.15) is 0 Å². The van der Waals surface area contributed by atoms with Gasteiger partial charge >= 0.3 is 12.1 Å². The number of alkyl carbamates (subject to hydrolysis) is 1. The number of hydrazine groups is 1. The lowest BCUT2D eigenvalue weighted by atomic mass is 9.85. The molecule has 5 amide bonds. The van der Waals surface area contributed by atoms with Crippen molar-refractivity contribution >= 4 is 63.9 Å². The summed E-state index contributed by atoms with van der Waals surface area (Å²) >= 11 is 6.82. The zero-order valence-corrected chi connectivity index (χ0v) is 52.7. The molecule has 2 saturated heterocycles. The van der Waals surface area contributed by atoms with Crippen molar-refractivity contribution in [2.75, 3.05) is 133 Å². The Morgan fingerprint density at radius 2 is 1.52 bits per heavy atom. The number of aromatic nitrogens is 1. The first-order chi connectivity index (χ1) is 41.8. The number of esters is 1. The van der Waals surface area contributed by atoms with Crippen LogP contribution in [0.25, 0.3) is 10.9 Å². The number of nitrogens with zero attached hydrogens (tertiary/aromatic N) is 4. The van der Waals surface area contributed by atoms with Gasteiger partial charge < -0.3 is 77.7 Å². The second-order valence-corrected chi connectivity index (χ2v) is 22.5. The van der Waals surface area contributed by atoms with Gasteiger partial charge in [0.25, 0.3) is 0 Å². The second-order valence-electron chi connectivity index (χ2n) is 22.1. The Morgan fingerprint density at radius 3 is 2.17 bits per heavy atom. The molecule has 4 bridgehead atoms. The predicted molar refractivity (Wildman–Crippen MR) is 326 cm³/mol. The van der Waals surface area contributed by atoms with E-state index in [4.69, 9.17) is 59.0 Å². The predicted octanol–water partition coefficient (Wildman–Crippen LogP) is 4.90. The number of methoxy groups -OCH3 is 1. The molecule has 482 valence electrons. The molecule has 87 heavy (non-hydrogen) atoms. The molecule has 0 radical (unpaired) electrons. The molecule has 2 aromatic carbocycles. The van der Waals surface area contributed by atoms with Crippen LogP contribution in [0.3, 0.4) is 0 Å². The summed E-state index contributed by atoms with van der Waals surface area (Å²) in [4.78, 5) is 81.9. The van der Waals surface area contributed by atoms with Crippen LogP contribution in [0.1, 0.15) is 71.1 Å². The van der Waals surface area contributed by atoms with Gasteiger partial charge in [-0.15, -0.1) is 0 Å². The third kappa shape index (κ3) is 21.8. The molecule has 25 heteroatoms. The van der Waals surface area contributed by atoms with Crippen LogP contribution in [0.4, 0.5) is 10.5 Å². The number of benzene rings is 2. The summed E-state index contributed by atoms with van der Waals surface area (Å²) in [5.74, 6) is -1.93. The van der Waals surface area contributed by atoms with Crippen molar-refractivity contribution in [3.8, 4) is 5.75 Å². The number of para-hydroxylation sites is 1. The van der Waals surface area contributed by atoms with Crippen LogP contribution >= 0.6 is 11.6 Å². The lowest BCUT2D eigenvalue weighted by Crippen LogP contribution is -2.49. The highest BCUT2D eigenvalue weighted by atomic mass is 35.5. The van der Waals surface area contributed by atoms with Crippen molar-refractivity contribution in [2.45, 2.75) is 115 Å². The van der Waals surface area contributed by atoms with Gasteiger partial charge in [0.05, 0.1) is 124 Å². The van der Waals surface area contributed by atoms with Crippen LogP contribution in [0, 0.1) is 5.92 Å². The maximum Gasteiger partial charge on any atom is 0.407 e. The van der Waals surface area contributed by atoms with Crippen LogP contribution < -0.4 is 31.0 Å². The smallest absolute Gasteiger partial charge is 0.407 e. The highest BCUT2D eigenvalue weighted by Gasteiger charge is 2.64. The van der Waals surface area contributed by atoms with Crippen LogP contribution in [-0.2, 0) is 86.1 Å². The number of anilines is 1. The molecule has 2 fully saturated rings. The minimum Gasteiger partial charge on any atom is -0.495 e. The van der Waals surface area contributed by atoms with Gasteiger partial charge in [-0.05, 0) is 75.9 Å². The van der Waals surface area contributed by atoms with Gasteiger partial charge in [-0.25, -0.2) is 14.6 Å². The standard InChI is InChI=1S/C62H91ClN8O16/c1-42-14-10-12-16-47-38-51(85-61(77)67-47)43(2)59-62(4,87-59)53(39-57(75)70(8)50-35-45(34-42)36-52(78-9)58(50)63)86-60(76)44(3)69(7)56(74)19-22-79-24-26-81-28-30-83-32-33-84-31-29-82-27-25-80-23-20-65-55(73)40-66-54(72)18-21-71-48(41-68(6)64-5)37-46-15-11-13-17-49(46)71/h10-15,17,35-37,43-44,47,51,53,59,64H,16,18-34,38-41H2,1-9H3,(H,65,73)(H,66,72)(H,67,77)/b12-10+,42-14+/t43-,44+,47+,51+,53+,59?,62+/m1/s1. The molecule has 0 spiro atoms. The summed E-state index contributed by atoms with van der Waals surface area (Å²) < 4.78 is 59.4. The number of fused-ring (bicyclic) bond motifs is 6. The molecular weight excluding hydrogens is 1150 g/mol. The Hall–Kier alpha value is -6.19. The van der Waals surface area contributed by atoms with Crippen molar-refractivity contribution in [2.24, 2.45) is 5.92 Å². The number of hydrogen-bond acceptors (Lipinski definition) is 18. The molecule has 0 aliphatic carbocycles. The molecule has 24 nitrogen and oxygen atoms in total. The van der Waals surface area contributed by atoms with Crippen LogP contribution in [0.15, 0.2) is 66.3 Å². The van der Waals surface area contributed by atoms with Gasteiger partial charge in [-0.1, -0.05) is 60.5 Å². The first-order valence-electron chi connectivity index (χ1n) is 29.8. The number of epoxide rings is 1. The molecular formula is C62H91ClN8O16. The molecule has 7 atom stereocenters. The number of amides is 5. The Balaban J connectivity index is 0.791. The fourth-order valence-electron chi connectivity index (χ4n) is 10.2. The van der Waals surface area contributed by atoms with Gasteiger partial charge in [0.2, 0.25) is 23.6 Å². The minimum absolute atomic E-state index is 0.00810. The zero-order chi connectivity index (χ0) is 62.9. The van der Waals surface area contributed by atoms with Crippen molar-refractivity contribution in [3.63, 3.8) is 0 Å². The lowest BCUT2D eigenvalue weighted by molar-refractivity contribution is -0.162. The fourth-order valence-corrected chi connectivity index (χ4v) is 10.6. The number of nitrogens with one attached hydrogen (secondary N) is 4.